The van der Waals surface area contributed by atoms with E-state index in [-0.39, 0.29) is 12.2 Å². The Morgan fingerprint density at radius 1 is 0.727 bits per heavy atom. The van der Waals surface area contributed by atoms with E-state index in [0.717, 1.165) is 17.4 Å². The SMILES string of the molecule is CC(C)(C)OC(=O)N1CCC(C#N)(c2ccc(Cl)cc2)CC1.CC(C)(C)OC(=O)N1CCC(C=O)(c2ccc(Cl)cc2)CC1. The Kier molecular flexibility index (Phi) is 11.4. The Morgan fingerprint density at radius 2 is 1.09 bits per heavy atom. The minimum absolute atomic E-state index is 0.310. The lowest BCUT2D eigenvalue weighted by Gasteiger charge is -2.39. The van der Waals surface area contributed by atoms with E-state index in [0.29, 0.717) is 61.9 Å². The fraction of sp³-hybridized carbons (Fsp3) is 0.529. The van der Waals surface area contributed by atoms with E-state index >= 15 is 0 Å². The Bertz CT molecular complexity index is 1330. The Hall–Kier alpha value is -3.28. The second-order valence-corrected chi connectivity index (χ2v) is 14.3. The number of halogens is 2. The highest BCUT2D eigenvalue weighted by molar-refractivity contribution is 6.30. The normalized spacial score (nSPS) is 17.8. The van der Waals surface area contributed by atoms with E-state index in [2.05, 4.69) is 6.07 Å². The van der Waals surface area contributed by atoms with Crippen molar-refractivity contribution in [3.05, 3.63) is 69.7 Å². The predicted molar refractivity (Wildman–Crippen MR) is 172 cm³/mol. The van der Waals surface area contributed by atoms with Gasteiger partial charge < -0.3 is 24.1 Å². The quantitative estimate of drug-likeness (QED) is 0.315. The highest BCUT2D eigenvalue weighted by Gasteiger charge is 2.39. The highest BCUT2D eigenvalue weighted by atomic mass is 35.5. The summed E-state index contributed by atoms with van der Waals surface area (Å²) < 4.78 is 10.8. The van der Waals surface area contributed by atoms with Crippen LogP contribution in [0.25, 0.3) is 0 Å². The third-order valence-electron chi connectivity index (χ3n) is 7.83. The third kappa shape index (κ3) is 9.36. The molecule has 44 heavy (non-hydrogen) atoms. The zero-order valence-electron chi connectivity index (χ0n) is 26.5. The van der Waals surface area contributed by atoms with Crippen LogP contribution in [0.15, 0.2) is 48.5 Å². The van der Waals surface area contributed by atoms with Gasteiger partial charge in [0.05, 0.1) is 16.9 Å². The molecule has 2 aromatic carbocycles. The molecule has 2 amide bonds. The van der Waals surface area contributed by atoms with Crippen LogP contribution in [0.3, 0.4) is 0 Å². The van der Waals surface area contributed by atoms with Crippen molar-refractivity contribution < 1.29 is 23.9 Å². The Morgan fingerprint density at radius 3 is 1.43 bits per heavy atom. The molecule has 0 bridgehead atoms. The summed E-state index contributed by atoms with van der Waals surface area (Å²) in [5, 5.41) is 11.0. The van der Waals surface area contributed by atoms with Gasteiger partial charge in [0.2, 0.25) is 0 Å². The summed E-state index contributed by atoms with van der Waals surface area (Å²) >= 11 is 11.8. The number of carbonyl (C=O) groups excluding carboxylic acids is 3. The average Bonchev–Trinajstić information content (AvgIpc) is 2.96. The molecule has 0 N–H and O–H groups in total. The maximum atomic E-state index is 12.1. The molecule has 2 aliphatic rings. The van der Waals surface area contributed by atoms with Crippen LogP contribution in [-0.2, 0) is 25.1 Å². The number of amides is 2. The summed E-state index contributed by atoms with van der Waals surface area (Å²) in [6, 6.07) is 17.2. The molecule has 8 nitrogen and oxygen atoms in total. The van der Waals surface area contributed by atoms with Gasteiger partial charge in [-0.3, -0.25) is 0 Å². The third-order valence-corrected chi connectivity index (χ3v) is 8.34. The van der Waals surface area contributed by atoms with Crippen molar-refractivity contribution in [2.75, 3.05) is 26.2 Å². The molecule has 4 rings (SSSR count). The second-order valence-electron chi connectivity index (χ2n) is 13.4. The molecule has 2 aromatic rings. The lowest BCUT2D eigenvalue weighted by atomic mass is 9.74. The van der Waals surface area contributed by atoms with Gasteiger partial charge in [0.15, 0.2) is 0 Å². The van der Waals surface area contributed by atoms with E-state index in [1.54, 1.807) is 34.1 Å². The first-order chi connectivity index (χ1) is 20.5. The van der Waals surface area contributed by atoms with Crippen molar-refractivity contribution in [2.45, 2.75) is 89.3 Å². The summed E-state index contributed by atoms with van der Waals surface area (Å²) in [4.78, 5) is 39.2. The zero-order valence-corrected chi connectivity index (χ0v) is 28.0. The molecule has 0 saturated carbocycles. The molecule has 0 spiro atoms. The number of rotatable bonds is 3. The highest BCUT2D eigenvalue weighted by Crippen LogP contribution is 2.36. The Balaban J connectivity index is 0.000000240. The van der Waals surface area contributed by atoms with Gasteiger partial charge in [0, 0.05) is 36.2 Å². The van der Waals surface area contributed by atoms with Crippen LogP contribution in [0, 0.1) is 11.3 Å². The van der Waals surface area contributed by atoms with Crippen LogP contribution in [-0.4, -0.2) is 65.7 Å². The standard InChI is InChI=1S/C17H21ClN2O2.C17H22ClNO3/c1-16(2,3)22-15(21)20-10-8-17(12-19,9-11-20)13-4-6-14(18)7-5-13;1-16(2,3)22-15(21)19-10-8-17(12-20,9-11-19)13-4-6-14(18)7-5-13/h4-7H,8-11H2,1-3H3;4-7,12H,8-11H2,1-3H3. The van der Waals surface area contributed by atoms with Crippen molar-refractivity contribution >= 4 is 41.7 Å². The van der Waals surface area contributed by atoms with Gasteiger partial charge in [-0.05, 0) is 103 Å². The molecule has 2 heterocycles. The van der Waals surface area contributed by atoms with E-state index in [4.69, 9.17) is 32.7 Å². The summed E-state index contributed by atoms with van der Waals surface area (Å²) in [7, 11) is 0. The van der Waals surface area contributed by atoms with Gasteiger partial charge in [-0.2, -0.15) is 5.26 Å². The number of carbonyl (C=O) groups is 3. The molecule has 0 atom stereocenters. The number of piperidine rings is 2. The number of hydrogen-bond acceptors (Lipinski definition) is 6. The van der Waals surface area contributed by atoms with Gasteiger partial charge in [0.1, 0.15) is 17.5 Å². The van der Waals surface area contributed by atoms with Crippen LogP contribution in [0.5, 0.6) is 0 Å². The molecule has 0 aromatic heterocycles. The van der Waals surface area contributed by atoms with Crippen molar-refractivity contribution in [1.29, 1.82) is 5.26 Å². The number of nitriles is 1. The van der Waals surface area contributed by atoms with E-state index in [9.17, 15) is 19.6 Å². The molecule has 10 heteroatoms. The second kappa shape index (κ2) is 14.2. The molecule has 2 aliphatic heterocycles. The van der Waals surface area contributed by atoms with Gasteiger partial charge in [-0.1, -0.05) is 47.5 Å². The molecule has 2 saturated heterocycles. The maximum Gasteiger partial charge on any atom is 0.410 e. The number of hydrogen-bond donors (Lipinski definition) is 0. The van der Waals surface area contributed by atoms with Gasteiger partial charge >= 0.3 is 12.2 Å². The topological polar surface area (TPSA) is 99.9 Å². The minimum Gasteiger partial charge on any atom is -0.444 e. The summed E-state index contributed by atoms with van der Waals surface area (Å²) in [5.41, 5.74) is -0.186. The van der Waals surface area contributed by atoms with Crippen LogP contribution in [0.2, 0.25) is 10.0 Å². The number of nitrogens with zero attached hydrogens (tertiary/aromatic N) is 3. The molecular weight excluding hydrogens is 601 g/mol. The van der Waals surface area contributed by atoms with E-state index < -0.39 is 22.0 Å². The molecule has 0 aliphatic carbocycles. The van der Waals surface area contributed by atoms with Crippen LogP contribution >= 0.6 is 23.2 Å². The smallest absolute Gasteiger partial charge is 0.410 e. The lowest BCUT2D eigenvalue weighted by Crippen LogP contribution is -2.47. The number of ether oxygens (including phenoxy) is 2. The largest absolute Gasteiger partial charge is 0.444 e. The lowest BCUT2D eigenvalue weighted by molar-refractivity contribution is -0.114. The van der Waals surface area contributed by atoms with Crippen molar-refractivity contribution in [3.63, 3.8) is 0 Å². The van der Waals surface area contributed by atoms with Gasteiger partial charge in [0.25, 0.3) is 0 Å². The number of aldehydes is 1. The van der Waals surface area contributed by atoms with Crippen LogP contribution < -0.4 is 0 Å². The minimum atomic E-state index is -0.552. The first-order valence-corrected chi connectivity index (χ1v) is 15.6. The molecule has 238 valence electrons. The van der Waals surface area contributed by atoms with Crippen molar-refractivity contribution in [3.8, 4) is 6.07 Å². The molecule has 2 fully saturated rings. The summed E-state index contributed by atoms with van der Waals surface area (Å²) in [5.74, 6) is 0. The fourth-order valence-corrected chi connectivity index (χ4v) is 5.55. The van der Waals surface area contributed by atoms with Crippen LogP contribution in [0.4, 0.5) is 9.59 Å². The van der Waals surface area contributed by atoms with Crippen LogP contribution in [0.1, 0.15) is 78.4 Å². The Labute approximate surface area is 271 Å². The summed E-state index contributed by atoms with van der Waals surface area (Å²) in [6.45, 7) is 13.1. The number of benzene rings is 2. The van der Waals surface area contributed by atoms with Gasteiger partial charge in [-0.25, -0.2) is 9.59 Å². The van der Waals surface area contributed by atoms with Gasteiger partial charge in [-0.15, -0.1) is 0 Å². The fourth-order valence-electron chi connectivity index (χ4n) is 5.30. The van der Waals surface area contributed by atoms with E-state index in [1.807, 2.05) is 65.8 Å². The predicted octanol–water partition coefficient (Wildman–Crippen LogP) is 7.94. The first-order valence-electron chi connectivity index (χ1n) is 14.9. The first kappa shape index (κ1) is 35.2. The van der Waals surface area contributed by atoms with Crippen molar-refractivity contribution in [2.24, 2.45) is 0 Å². The summed E-state index contributed by atoms with van der Waals surface area (Å²) in [6.07, 6.45) is 2.77. The van der Waals surface area contributed by atoms with Crippen molar-refractivity contribution in [1.82, 2.24) is 9.80 Å². The zero-order chi connectivity index (χ0) is 32.8. The number of likely N-dealkylation sites (tertiary alicyclic amines) is 2. The monoisotopic (exact) mass is 643 g/mol. The molecular formula is C34H43Cl2N3O5. The average molecular weight is 645 g/mol. The maximum absolute atomic E-state index is 12.1. The molecule has 0 unspecified atom stereocenters. The molecule has 0 radical (unpaired) electrons. The van der Waals surface area contributed by atoms with E-state index in [1.165, 1.54) is 0 Å².